The Kier molecular flexibility index (Phi) is 5.40. The van der Waals surface area contributed by atoms with Crippen molar-refractivity contribution in [3.63, 3.8) is 0 Å². The summed E-state index contributed by atoms with van der Waals surface area (Å²) in [5.41, 5.74) is 3.00. The number of carbonyl (C=O) groups excluding carboxylic acids is 1. The Bertz CT molecular complexity index is 620. The van der Waals surface area contributed by atoms with Crippen molar-refractivity contribution in [2.75, 3.05) is 39.4 Å². The fraction of sp³-hybridized carbons (Fsp3) is 0.316. The van der Waals surface area contributed by atoms with Crippen LogP contribution < -0.4 is 10.2 Å². The minimum Gasteiger partial charge on any atom is -0.370 e. The molecule has 0 unspecified atom stereocenters. The summed E-state index contributed by atoms with van der Waals surface area (Å²) in [6.45, 7) is 5.36. The summed E-state index contributed by atoms with van der Waals surface area (Å²) in [5.74, 6) is -0.00253. The predicted octanol–water partition coefficient (Wildman–Crippen LogP) is 0.999. The van der Waals surface area contributed by atoms with Gasteiger partial charge in [-0.1, -0.05) is 42.5 Å². The van der Waals surface area contributed by atoms with Gasteiger partial charge in [0.2, 0.25) is 0 Å². The normalized spacial score (nSPS) is 15.3. The Balaban J connectivity index is 1.51. The minimum atomic E-state index is -0.00253. The van der Waals surface area contributed by atoms with Crippen molar-refractivity contribution in [2.45, 2.75) is 0 Å². The molecule has 3 rings (SSSR count). The number of rotatable bonds is 5. The van der Waals surface area contributed by atoms with E-state index in [2.05, 4.69) is 17.4 Å². The molecule has 0 spiro atoms. The number of nitrogens with one attached hydrogen (secondary N) is 2. The van der Waals surface area contributed by atoms with Crippen LogP contribution in [0.5, 0.6) is 0 Å². The van der Waals surface area contributed by atoms with Crippen molar-refractivity contribution in [1.82, 2.24) is 5.32 Å². The maximum Gasteiger partial charge on any atom is 0.251 e. The van der Waals surface area contributed by atoms with Gasteiger partial charge < -0.3 is 15.0 Å². The second-order valence-corrected chi connectivity index (χ2v) is 5.81. The van der Waals surface area contributed by atoms with Gasteiger partial charge >= 0.3 is 0 Å². The van der Waals surface area contributed by atoms with E-state index in [4.69, 9.17) is 4.74 Å². The van der Waals surface area contributed by atoms with Crippen molar-refractivity contribution in [3.8, 4) is 11.1 Å². The molecule has 2 aromatic rings. The second kappa shape index (κ2) is 7.90. The monoisotopic (exact) mass is 311 g/mol. The highest BCUT2D eigenvalue weighted by atomic mass is 16.5. The van der Waals surface area contributed by atoms with Crippen LogP contribution in [0.4, 0.5) is 0 Å². The first-order chi connectivity index (χ1) is 11.3. The minimum absolute atomic E-state index is 0.00253. The molecule has 0 aliphatic carbocycles. The van der Waals surface area contributed by atoms with Gasteiger partial charge in [0.25, 0.3) is 5.91 Å². The van der Waals surface area contributed by atoms with Crippen LogP contribution in [-0.4, -0.2) is 45.3 Å². The third kappa shape index (κ3) is 4.41. The molecule has 1 heterocycles. The van der Waals surface area contributed by atoms with E-state index in [9.17, 15) is 4.79 Å². The number of ether oxygens (including phenoxy) is 1. The van der Waals surface area contributed by atoms with Gasteiger partial charge in [-0.05, 0) is 23.3 Å². The Morgan fingerprint density at radius 1 is 0.957 bits per heavy atom. The summed E-state index contributed by atoms with van der Waals surface area (Å²) < 4.78 is 5.34. The van der Waals surface area contributed by atoms with E-state index in [-0.39, 0.29) is 5.91 Å². The lowest BCUT2D eigenvalue weighted by atomic mass is 10.0. The molecule has 4 heteroatoms. The Morgan fingerprint density at radius 3 is 2.30 bits per heavy atom. The zero-order valence-corrected chi connectivity index (χ0v) is 13.3. The van der Waals surface area contributed by atoms with Crippen LogP contribution in [0, 0.1) is 0 Å². The van der Waals surface area contributed by atoms with Gasteiger partial charge in [0.05, 0.1) is 26.3 Å². The number of hydrogen-bond donors (Lipinski definition) is 2. The molecule has 0 saturated carbocycles. The summed E-state index contributed by atoms with van der Waals surface area (Å²) >= 11 is 0. The third-order valence-corrected chi connectivity index (χ3v) is 4.22. The smallest absolute Gasteiger partial charge is 0.251 e. The second-order valence-electron chi connectivity index (χ2n) is 5.81. The van der Waals surface area contributed by atoms with Gasteiger partial charge in [-0.25, -0.2) is 0 Å². The number of morpholine rings is 1. The largest absolute Gasteiger partial charge is 0.370 e. The van der Waals surface area contributed by atoms with Crippen molar-refractivity contribution in [2.24, 2.45) is 0 Å². The number of amides is 1. The third-order valence-electron chi connectivity index (χ3n) is 4.22. The number of carbonyl (C=O) groups is 1. The molecule has 23 heavy (non-hydrogen) atoms. The van der Waals surface area contributed by atoms with Crippen LogP contribution in [0.15, 0.2) is 54.6 Å². The van der Waals surface area contributed by atoms with Crippen LogP contribution in [0.3, 0.4) is 0 Å². The van der Waals surface area contributed by atoms with E-state index >= 15 is 0 Å². The van der Waals surface area contributed by atoms with Crippen molar-refractivity contribution < 1.29 is 14.4 Å². The zero-order valence-electron chi connectivity index (χ0n) is 13.3. The average Bonchev–Trinajstić information content (AvgIpc) is 2.63. The van der Waals surface area contributed by atoms with Crippen molar-refractivity contribution in [1.29, 1.82) is 0 Å². The quantitative estimate of drug-likeness (QED) is 0.865. The fourth-order valence-electron chi connectivity index (χ4n) is 2.81. The van der Waals surface area contributed by atoms with Crippen LogP contribution in [0.2, 0.25) is 0 Å². The van der Waals surface area contributed by atoms with Crippen LogP contribution in [-0.2, 0) is 4.74 Å². The van der Waals surface area contributed by atoms with Gasteiger partial charge in [0, 0.05) is 5.56 Å². The highest BCUT2D eigenvalue weighted by Crippen LogP contribution is 2.19. The van der Waals surface area contributed by atoms with Crippen molar-refractivity contribution >= 4 is 5.91 Å². The Labute approximate surface area is 137 Å². The first kappa shape index (κ1) is 15.7. The predicted molar refractivity (Wildman–Crippen MR) is 90.6 cm³/mol. The molecule has 1 aliphatic rings. The first-order valence-corrected chi connectivity index (χ1v) is 8.18. The molecule has 2 aromatic carbocycles. The summed E-state index contributed by atoms with van der Waals surface area (Å²) in [4.78, 5) is 13.7. The SMILES string of the molecule is O=C(NCC[NH+]1CCOCC1)c1ccc(-c2ccccc2)cc1. The molecule has 0 atom stereocenters. The van der Waals surface area contributed by atoms with Crippen LogP contribution in [0.1, 0.15) is 10.4 Å². The zero-order chi connectivity index (χ0) is 15.9. The van der Waals surface area contributed by atoms with E-state index in [1.807, 2.05) is 42.5 Å². The van der Waals surface area contributed by atoms with Crippen LogP contribution >= 0.6 is 0 Å². The molecule has 120 valence electrons. The summed E-state index contributed by atoms with van der Waals surface area (Å²) in [7, 11) is 0. The van der Waals surface area contributed by atoms with E-state index in [1.165, 1.54) is 4.90 Å². The van der Waals surface area contributed by atoms with Crippen molar-refractivity contribution in [3.05, 3.63) is 60.2 Å². The van der Waals surface area contributed by atoms with Gasteiger partial charge in [0.15, 0.2) is 0 Å². The molecule has 1 fully saturated rings. The molecule has 1 aliphatic heterocycles. The molecule has 0 radical (unpaired) electrons. The lowest BCUT2D eigenvalue weighted by Gasteiger charge is -2.23. The molecular formula is C19H23N2O2+. The number of hydrogen-bond acceptors (Lipinski definition) is 2. The molecule has 1 saturated heterocycles. The molecule has 0 bridgehead atoms. The first-order valence-electron chi connectivity index (χ1n) is 8.18. The highest BCUT2D eigenvalue weighted by Gasteiger charge is 2.13. The maximum atomic E-state index is 12.2. The lowest BCUT2D eigenvalue weighted by Crippen LogP contribution is -3.14. The fourth-order valence-corrected chi connectivity index (χ4v) is 2.81. The molecule has 1 amide bonds. The highest BCUT2D eigenvalue weighted by molar-refractivity contribution is 5.94. The maximum absolute atomic E-state index is 12.2. The van der Waals surface area contributed by atoms with Gasteiger partial charge in [0.1, 0.15) is 13.1 Å². The summed E-state index contributed by atoms with van der Waals surface area (Å²) in [6, 6.07) is 17.9. The van der Waals surface area contributed by atoms with E-state index in [0.29, 0.717) is 12.1 Å². The van der Waals surface area contributed by atoms with E-state index in [0.717, 1.165) is 44.0 Å². The lowest BCUT2D eigenvalue weighted by molar-refractivity contribution is -0.906. The average molecular weight is 311 g/mol. The number of benzene rings is 2. The molecule has 0 aromatic heterocycles. The summed E-state index contributed by atoms with van der Waals surface area (Å²) in [5, 5.41) is 3.00. The standard InChI is InChI=1S/C19H22N2O2/c22-19(20-10-11-21-12-14-23-15-13-21)18-8-6-17(7-9-18)16-4-2-1-3-5-16/h1-9H,10-15H2,(H,20,22)/p+1. The molecule has 4 nitrogen and oxygen atoms in total. The van der Waals surface area contributed by atoms with Gasteiger partial charge in [-0.2, -0.15) is 0 Å². The number of quaternary nitrogens is 1. The Hall–Kier alpha value is -2.17. The molecule has 2 N–H and O–H groups in total. The van der Waals surface area contributed by atoms with Crippen LogP contribution in [0.25, 0.3) is 11.1 Å². The van der Waals surface area contributed by atoms with E-state index < -0.39 is 0 Å². The van der Waals surface area contributed by atoms with Gasteiger partial charge in [-0.3, -0.25) is 4.79 Å². The topological polar surface area (TPSA) is 42.8 Å². The Morgan fingerprint density at radius 2 is 1.61 bits per heavy atom. The van der Waals surface area contributed by atoms with E-state index in [1.54, 1.807) is 0 Å². The van der Waals surface area contributed by atoms with Gasteiger partial charge in [-0.15, -0.1) is 0 Å². The summed E-state index contributed by atoms with van der Waals surface area (Å²) in [6.07, 6.45) is 0. The molecular weight excluding hydrogens is 288 g/mol.